The van der Waals surface area contributed by atoms with E-state index in [0.717, 1.165) is 0 Å². The minimum absolute atomic E-state index is 0.521. The number of amidine groups is 1. The van der Waals surface area contributed by atoms with Crippen LogP contribution >= 0.6 is 11.9 Å². The van der Waals surface area contributed by atoms with Gasteiger partial charge in [-0.3, -0.25) is 0 Å². The Labute approximate surface area is 46.9 Å². The Balaban J connectivity index is 3.17. The lowest BCUT2D eigenvalue weighted by Gasteiger charge is -1.93. The molecule has 0 aliphatic heterocycles. The first-order valence-corrected chi connectivity index (χ1v) is 3.01. The van der Waals surface area contributed by atoms with Crippen LogP contribution in [0.4, 0.5) is 0 Å². The topological polar surface area (TPSA) is 44.6 Å². The van der Waals surface area contributed by atoms with E-state index in [1.807, 2.05) is 6.26 Å². The van der Waals surface area contributed by atoms with E-state index in [2.05, 4.69) is 9.88 Å². The molecule has 3 nitrogen and oxygen atoms in total. The molecule has 0 aliphatic rings. The molecule has 0 atom stereocenters. The average molecular weight is 120 g/mol. The lowest BCUT2D eigenvalue weighted by atomic mass is 10.7. The van der Waals surface area contributed by atoms with Gasteiger partial charge in [-0.05, 0) is 6.92 Å². The van der Waals surface area contributed by atoms with Crippen molar-refractivity contribution in [3.05, 3.63) is 0 Å². The minimum Gasteiger partial charge on any atom is -0.409 e. The van der Waals surface area contributed by atoms with Crippen molar-refractivity contribution in [3.63, 3.8) is 0 Å². The SMILES string of the molecule is CSN/C(C)=N\O. The largest absolute Gasteiger partial charge is 0.409 e. The van der Waals surface area contributed by atoms with Crippen molar-refractivity contribution in [2.45, 2.75) is 6.92 Å². The molecule has 0 unspecified atom stereocenters. The Hall–Kier alpha value is -0.380. The van der Waals surface area contributed by atoms with Crippen molar-refractivity contribution in [3.8, 4) is 0 Å². The fourth-order valence-corrected chi connectivity index (χ4v) is 0.504. The van der Waals surface area contributed by atoms with E-state index in [9.17, 15) is 0 Å². The molecule has 0 spiro atoms. The molecule has 2 N–H and O–H groups in total. The van der Waals surface area contributed by atoms with Gasteiger partial charge in [0.05, 0.1) is 0 Å². The lowest BCUT2D eigenvalue weighted by molar-refractivity contribution is 0.317. The maximum absolute atomic E-state index is 7.98. The monoisotopic (exact) mass is 120 g/mol. The molecule has 0 saturated carbocycles. The van der Waals surface area contributed by atoms with Crippen LogP contribution in [0.25, 0.3) is 0 Å². The van der Waals surface area contributed by atoms with Gasteiger partial charge in [0.15, 0.2) is 0 Å². The minimum atomic E-state index is 0.521. The van der Waals surface area contributed by atoms with Crippen molar-refractivity contribution in [2.75, 3.05) is 6.26 Å². The first-order chi connectivity index (χ1) is 3.31. The summed E-state index contributed by atoms with van der Waals surface area (Å²) in [4.78, 5) is 0. The second kappa shape index (κ2) is 3.80. The summed E-state index contributed by atoms with van der Waals surface area (Å²) in [5, 5.41) is 10.8. The zero-order valence-corrected chi connectivity index (χ0v) is 5.12. The zero-order valence-electron chi connectivity index (χ0n) is 4.30. The molecular weight excluding hydrogens is 112 g/mol. The molecule has 0 saturated heterocycles. The third-order valence-corrected chi connectivity index (χ3v) is 0.899. The molecule has 0 heterocycles. The van der Waals surface area contributed by atoms with Gasteiger partial charge in [0, 0.05) is 6.26 Å². The number of hydrogen-bond donors (Lipinski definition) is 2. The van der Waals surface area contributed by atoms with E-state index in [4.69, 9.17) is 5.21 Å². The van der Waals surface area contributed by atoms with E-state index < -0.39 is 0 Å². The van der Waals surface area contributed by atoms with Crippen LogP contribution in [0.1, 0.15) is 6.92 Å². The normalized spacial score (nSPS) is 11.4. The Morgan fingerprint density at radius 2 is 2.43 bits per heavy atom. The van der Waals surface area contributed by atoms with Crippen LogP contribution in [0, 0.1) is 0 Å². The highest BCUT2D eigenvalue weighted by atomic mass is 32.2. The first-order valence-electron chi connectivity index (χ1n) is 1.79. The quantitative estimate of drug-likeness (QED) is 0.176. The van der Waals surface area contributed by atoms with Crippen LogP contribution in [0.2, 0.25) is 0 Å². The van der Waals surface area contributed by atoms with E-state index in [0.29, 0.717) is 5.84 Å². The maximum Gasteiger partial charge on any atom is 0.148 e. The third-order valence-electron chi connectivity index (χ3n) is 0.400. The van der Waals surface area contributed by atoms with Crippen LogP contribution in [-0.2, 0) is 0 Å². The van der Waals surface area contributed by atoms with Crippen LogP contribution in [0.5, 0.6) is 0 Å². The second-order valence-electron chi connectivity index (χ2n) is 0.992. The second-order valence-corrected chi connectivity index (χ2v) is 1.60. The van der Waals surface area contributed by atoms with Gasteiger partial charge >= 0.3 is 0 Å². The summed E-state index contributed by atoms with van der Waals surface area (Å²) in [6.45, 7) is 1.68. The van der Waals surface area contributed by atoms with Gasteiger partial charge in [-0.25, -0.2) is 0 Å². The van der Waals surface area contributed by atoms with Crippen molar-refractivity contribution in [1.82, 2.24) is 4.72 Å². The van der Waals surface area contributed by atoms with Gasteiger partial charge in [-0.2, -0.15) is 0 Å². The molecule has 0 fully saturated rings. The third kappa shape index (κ3) is 3.45. The molecule has 0 radical (unpaired) electrons. The van der Waals surface area contributed by atoms with Gasteiger partial charge in [-0.1, -0.05) is 17.1 Å². The number of nitrogens with one attached hydrogen (secondary N) is 1. The molecule has 0 amide bonds. The van der Waals surface area contributed by atoms with Gasteiger partial charge in [0.1, 0.15) is 5.84 Å². The summed E-state index contributed by atoms with van der Waals surface area (Å²) in [6, 6.07) is 0. The van der Waals surface area contributed by atoms with Gasteiger partial charge in [0.25, 0.3) is 0 Å². The van der Waals surface area contributed by atoms with Crippen LogP contribution in [-0.4, -0.2) is 17.3 Å². The fraction of sp³-hybridized carbons (Fsp3) is 0.667. The summed E-state index contributed by atoms with van der Waals surface area (Å²) >= 11 is 1.39. The van der Waals surface area contributed by atoms with Crippen LogP contribution in [0.15, 0.2) is 5.16 Å². The number of nitrogens with zero attached hydrogens (tertiary/aromatic N) is 1. The van der Waals surface area contributed by atoms with Crippen LogP contribution in [0.3, 0.4) is 0 Å². The van der Waals surface area contributed by atoms with Gasteiger partial charge in [-0.15, -0.1) is 0 Å². The summed E-state index contributed by atoms with van der Waals surface area (Å²) < 4.78 is 2.71. The summed E-state index contributed by atoms with van der Waals surface area (Å²) in [5.74, 6) is 0.521. The predicted octanol–water partition coefficient (Wildman–Crippen LogP) is 0.662. The molecule has 0 rings (SSSR count). The van der Waals surface area contributed by atoms with E-state index >= 15 is 0 Å². The summed E-state index contributed by atoms with van der Waals surface area (Å²) in [6.07, 6.45) is 1.86. The van der Waals surface area contributed by atoms with Gasteiger partial charge < -0.3 is 9.93 Å². The number of rotatable bonds is 1. The van der Waals surface area contributed by atoms with Crippen molar-refractivity contribution in [1.29, 1.82) is 0 Å². The van der Waals surface area contributed by atoms with E-state index in [1.54, 1.807) is 6.92 Å². The Morgan fingerprint density at radius 3 is 2.57 bits per heavy atom. The van der Waals surface area contributed by atoms with Crippen LogP contribution < -0.4 is 4.72 Å². The highest BCUT2D eigenvalue weighted by molar-refractivity contribution is 7.97. The van der Waals surface area contributed by atoms with Crippen molar-refractivity contribution < 1.29 is 5.21 Å². The maximum atomic E-state index is 7.98. The molecule has 0 aromatic heterocycles. The molecule has 0 aliphatic carbocycles. The summed E-state index contributed by atoms with van der Waals surface area (Å²) in [7, 11) is 0. The highest BCUT2D eigenvalue weighted by Crippen LogP contribution is 1.80. The average Bonchev–Trinajstić information content (AvgIpc) is 1.68. The van der Waals surface area contributed by atoms with E-state index in [-0.39, 0.29) is 0 Å². The smallest absolute Gasteiger partial charge is 0.148 e. The number of hydrogen-bond acceptors (Lipinski definition) is 3. The Kier molecular flexibility index (Phi) is 3.59. The lowest BCUT2D eigenvalue weighted by Crippen LogP contribution is -2.09. The molecule has 0 bridgehead atoms. The standard InChI is InChI=1S/C3H8N2OS/c1-3(4-6)5-7-2/h6H,1-2H3,(H,4,5). The molecular formula is C3H8N2OS. The number of oxime groups is 1. The molecule has 0 aromatic rings. The molecule has 42 valence electrons. The Bertz CT molecular complexity index is 73.3. The van der Waals surface area contributed by atoms with E-state index in [1.165, 1.54) is 11.9 Å². The highest BCUT2D eigenvalue weighted by Gasteiger charge is 1.80. The Morgan fingerprint density at radius 1 is 1.86 bits per heavy atom. The van der Waals surface area contributed by atoms with Crippen molar-refractivity contribution in [2.24, 2.45) is 5.16 Å². The zero-order chi connectivity index (χ0) is 5.70. The fourth-order valence-electron chi connectivity index (χ4n) is 0.168. The summed E-state index contributed by atoms with van der Waals surface area (Å²) in [5.41, 5.74) is 0. The predicted molar refractivity (Wildman–Crippen MR) is 31.5 cm³/mol. The van der Waals surface area contributed by atoms with Gasteiger partial charge in [0.2, 0.25) is 0 Å². The molecule has 4 heteroatoms. The molecule has 0 aromatic carbocycles. The van der Waals surface area contributed by atoms with Crippen molar-refractivity contribution >= 4 is 17.8 Å². The first kappa shape index (κ1) is 6.62. The molecule has 7 heavy (non-hydrogen) atoms.